The van der Waals surface area contributed by atoms with E-state index >= 15 is 0 Å². The third-order valence-corrected chi connectivity index (χ3v) is 22.3. The number of guanidine groups is 2. The van der Waals surface area contributed by atoms with Crippen LogP contribution in [0.15, 0.2) is 244 Å². The van der Waals surface area contributed by atoms with Gasteiger partial charge in [-0.05, 0) is 193 Å². The number of nitrogens with zero attached hydrogens (tertiary/aromatic N) is 12. The molecule has 10 aromatic carbocycles. The van der Waals surface area contributed by atoms with Gasteiger partial charge in [0.05, 0.1) is 22.0 Å². The molecular weight excluding hydrogens is 1710 g/mol. The Labute approximate surface area is 754 Å². The number of halogens is 6. The summed E-state index contributed by atoms with van der Waals surface area (Å²) in [6.07, 6.45) is 12.9. The van der Waals surface area contributed by atoms with Crippen LogP contribution in [0, 0.1) is 38.6 Å². The van der Waals surface area contributed by atoms with Crippen molar-refractivity contribution in [2.24, 2.45) is 37.2 Å². The highest BCUT2D eigenvalue weighted by Gasteiger charge is 2.31. The van der Waals surface area contributed by atoms with Crippen LogP contribution < -0.4 is 47.4 Å². The lowest BCUT2D eigenvalue weighted by Gasteiger charge is -2.36. The standard InChI is InChI=1S/C20H25N3.C18H18ClN5O.C18H15ClN4O.C18H21N.C17H16ClN3O.C2H4N2.CBrN.CH2Cl2/c1-22-20(21)23-14-6-11-19-17-9-4-2-7-15(17)12-13-16-8-3-5-10-18(16)19;19-12-5-6-15-13(11-12)17(22-14-3-1-2-4-16(14)25-15)23-7-9-24(10-8-23)18(20)21;19-13-5-6-16-14(11-13)18(23-9-7-22(12-20)8-10-23)21-15-3-1-2-4-17(15)24-16;19-13-5-10-18-16-8-3-1-6-14(16)11-12-15-7-2-4-9-17(15)18;18-12-5-6-15-13(11-12)17(21-9-7-19-8-10-21)20-14-3-1-2-4-16(14)22-15;1-4-2-3;2*2-1-3/h2-5,7-10,19H,6,11-14H2,1H3,(H3,21,22,23);1-6,11H,7-10H2,(H3,20,21);1-6,11H,7-10H2;1-4,6-9,18H,5,10-13,19H2;1-6,11,19H,7-10H2;4H,1H3;;1H2. The Bertz CT molecular complexity index is 5360. The highest BCUT2D eigenvalue weighted by molar-refractivity contribution is 9.12. The highest BCUT2D eigenvalue weighted by atomic mass is 79.9. The topological polar surface area (TPSA) is 303 Å². The van der Waals surface area contributed by atoms with Gasteiger partial charge in [-0.15, -0.1) is 23.2 Å². The van der Waals surface area contributed by atoms with E-state index in [1.807, 2.05) is 132 Å². The van der Waals surface area contributed by atoms with E-state index in [1.165, 1.54) is 44.5 Å². The molecule has 0 unspecified atom stereocenters. The molecule has 3 saturated heterocycles. The molecule has 10 aromatic rings. The van der Waals surface area contributed by atoms with Crippen LogP contribution in [0.4, 0.5) is 17.1 Å². The van der Waals surface area contributed by atoms with E-state index in [1.54, 1.807) is 30.2 Å². The summed E-state index contributed by atoms with van der Waals surface area (Å²) in [5.74, 6) is 8.76. The maximum absolute atomic E-state index is 9.05. The summed E-state index contributed by atoms with van der Waals surface area (Å²) in [7, 11) is 3.28. The molecule has 0 atom stereocenters. The van der Waals surface area contributed by atoms with E-state index in [0.29, 0.717) is 59.0 Å². The van der Waals surface area contributed by atoms with Crippen molar-refractivity contribution in [2.45, 2.75) is 63.2 Å². The molecule has 0 aromatic heterocycles. The number of aliphatic imine (C=N–C) groups is 4. The van der Waals surface area contributed by atoms with Crippen LogP contribution in [0.3, 0.4) is 0 Å². The first kappa shape index (κ1) is 92.2. The minimum absolute atomic E-state index is 0.111. The molecule has 0 spiro atoms. The van der Waals surface area contributed by atoms with Crippen molar-refractivity contribution in [1.29, 1.82) is 21.2 Å². The number of rotatable bonds is 7. The van der Waals surface area contributed by atoms with Crippen LogP contribution in [0.2, 0.25) is 15.1 Å². The van der Waals surface area contributed by atoms with Gasteiger partial charge in [-0.3, -0.25) is 10.4 Å². The van der Waals surface area contributed by atoms with Crippen LogP contribution in [-0.2, 0) is 25.7 Å². The van der Waals surface area contributed by atoms with Gasteiger partial charge in [0.2, 0.25) is 0 Å². The van der Waals surface area contributed by atoms with Crippen molar-refractivity contribution in [1.82, 2.24) is 40.4 Å². The van der Waals surface area contributed by atoms with Crippen molar-refractivity contribution in [3.05, 3.63) is 301 Å². The van der Waals surface area contributed by atoms with Crippen LogP contribution in [0.5, 0.6) is 34.5 Å². The number of para-hydroxylation sites is 6. The Kier molecular flexibility index (Phi) is 35.8. The molecule has 18 rings (SSSR count). The van der Waals surface area contributed by atoms with E-state index in [0.717, 1.165) is 203 Å². The van der Waals surface area contributed by atoms with Crippen molar-refractivity contribution < 1.29 is 14.2 Å². The third kappa shape index (κ3) is 25.3. The average Bonchev–Trinajstić information content (AvgIpc) is 1.69. The fraction of sp³-hybridized carbons (Fsp3) is 0.284. The minimum atomic E-state index is 0.111. The number of nitriles is 3. The molecule has 3 fully saturated rings. The number of hydrogen-bond acceptors (Lipinski definition) is 18. The lowest BCUT2D eigenvalue weighted by molar-refractivity contribution is 0.246. The highest BCUT2D eigenvalue weighted by Crippen LogP contribution is 2.44. The van der Waals surface area contributed by atoms with Crippen molar-refractivity contribution in [3.8, 4) is 51.9 Å². The molecule has 28 heteroatoms. The molecule has 22 nitrogen and oxygen atoms in total. The number of fused-ring (bicyclic) bond motifs is 10. The van der Waals surface area contributed by atoms with E-state index in [-0.39, 0.29) is 11.3 Å². The first-order chi connectivity index (χ1) is 60.1. The second kappa shape index (κ2) is 47.8. The molecular formula is C95H101BrCl5N19O3. The van der Waals surface area contributed by atoms with Gasteiger partial charge in [-0.1, -0.05) is 168 Å². The number of nitrogens with one attached hydrogen (secondary N) is 4. The summed E-state index contributed by atoms with van der Waals surface area (Å²) in [4.78, 5) is 30.4. The third-order valence-electron chi connectivity index (χ3n) is 21.6. The number of benzene rings is 10. The number of aryl methyl sites for hydroxylation is 4. The molecule has 6 heterocycles. The Hall–Kier alpha value is -11.5. The summed E-state index contributed by atoms with van der Waals surface area (Å²) in [5, 5.41) is 42.3. The molecule has 0 bridgehead atoms. The Balaban J connectivity index is 0.000000146. The predicted octanol–water partition coefficient (Wildman–Crippen LogP) is 18.9. The first-order valence-corrected chi connectivity index (χ1v) is 43.9. The van der Waals surface area contributed by atoms with Gasteiger partial charge in [-0.2, -0.15) is 15.8 Å². The summed E-state index contributed by atoms with van der Waals surface area (Å²) in [6.45, 7) is 11.1. The largest absolute Gasteiger partial charge is 0.454 e. The molecule has 123 heavy (non-hydrogen) atoms. The second-order valence-corrected chi connectivity index (χ2v) is 31.6. The van der Waals surface area contributed by atoms with Crippen LogP contribution in [0.1, 0.15) is 98.7 Å². The van der Waals surface area contributed by atoms with Crippen LogP contribution >= 0.6 is 73.9 Å². The quantitative estimate of drug-likeness (QED) is 0.0195. The molecule has 0 amide bonds. The number of hydrogen-bond donors (Lipinski definition) is 7. The molecule has 8 aliphatic rings. The maximum atomic E-state index is 9.05. The zero-order valence-electron chi connectivity index (χ0n) is 68.9. The van der Waals surface area contributed by atoms with Gasteiger partial charge in [0.15, 0.2) is 41.6 Å². The van der Waals surface area contributed by atoms with Gasteiger partial charge in [0.1, 0.15) is 56.8 Å². The summed E-state index contributed by atoms with van der Waals surface area (Å²) in [5.41, 5.74) is 34.2. The number of ether oxygens (including phenoxy) is 3. The fourth-order valence-corrected chi connectivity index (χ4v) is 16.2. The summed E-state index contributed by atoms with van der Waals surface area (Å²) in [6, 6.07) is 75.8. The Morgan fingerprint density at radius 2 is 0.821 bits per heavy atom. The van der Waals surface area contributed by atoms with Crippen LogP contribution in [-0.4, -0.2) is 165 Å². The average molecular weight is 1810 g/mol. The Morgan fingerprint density at radius 1 is 0.496 bits per heavy atom. The Morgan fingerprint density at radius 3 is 1.15 bits per heavy atom. The second-order valence-electron chi connectivity index (χ2n) is 29.2. The predicted molar refractivity (Wildman–Crippen MR) is 504 cm³/mol. The van der Waals surface area contributed by atoms with Crippen molar-refractivity contribution in [2.75, 3.05) is 111 Å². The SMILES string of the molecule is CN=C(N)NCCCC1c2ccccc2CCc2ccccc21.CNC#N.ClCCl.Clc1ccc2c(c1)C(N1CCNCC1)=Nc1ccccc1O2.N#CBr.N#CN1CCN(C2=Nc3ccccc3Oc3ccc(Cl)cc32)CC1.N=C(N)N1CCN(C2=Nc3ccccc3Oc3ccc(Cl)cc32)CC1.NCCCC1c2ccccc2CCc2ccccc21. The van der Waals surface area contributed by atoms with E-state index in [4.69, 9.17) is 126 Å². The van der Waals surface area contributed by atoms with Gasteiger partial charge in [0.25, 0.3) is 0 Å². The van der Waals surface area contributed by atoms with E-state index in [9.17, 15) is 0 Å². The summed E-state index contributed by atoms with van der Waals surface area (Å²) >= 11 is 30.6. The van der Waals surface area contributed by atoms with E-state index in [2.05, 4.69) is 155 Å². The monoisotopic (exact) mass is 1810 g/mol. The number of amidine groups is 3. The molecule has 2 aliphatic carbocycles. The van der Waals surface area contributed by atoms with Gasteiger partial charge >= 0.3 is 0 Å². The minimum Gasteiger partial charge on any atom is -0.454 e. The number of piperazine rings is 3. The molecule has 636 valence electrons. The van der Waals surface area contributed by atoms with Crippen molar-refractivity contribution in [3.63, 3.8) is 0 Å². The maximum Gasteiger partial charge on any atom is 0.188 e. The normalized spacial score (nSPS) is 14.9. The lowest BCUT2D eigenvalue weighted by atomic mass is 9.85. The zero-order valence-corrected chi connectivity index (χ0v) is 74.2. The van der Waals surface area contributed by atoms with Crippen LogP contribution in [0.25, 0.3) is 0 Å². The number of alkyl halides is 2. The molecule has 6 aliphatic heterocycles. The van der Waals surface area contributed by atoms with Gasteiger partial charge < -0.3 is 71.9 Å². The van der Waals surface area contributed by atoms with Gasteiger partial charge in [0, 0.05) is 142 Å². The summed E-state index contributed by atoms with van der Waals surface area (Å²) < 4.78 is 18.2. The molecule has 0 saturated carbocycles. The fourth-order valence-electron chi connectivity index (χ4n) is 15.7. The first-order valence-electron chi connectivity index (χ1n) is 40.9. The zero-order chi connectivity index (χ0) is 86.8. The lowest BCUT2D eigenvalue weighted by Crippen LogP contribution is -2.52. The number of nitrogens with two attached hydrogens (primary N) is 3. The van der Waals surface area contributed by atoms with Crippen molar-refractivity contribution >= 4 is 120 Å². The van der Waals surface area contributed by atoms with Gasteiger partial charge in [-0.25, -0.2) is 15.0 Å². The molecule has 0 radical (unpaired) electrons. The van der Waals surface area contributed by atoms with E-state index < -0.39 is 0 Å². The molecule has 10 N–H and O–H groups in total. The smallest absolute Gasteiger partial charge is 0.188 e.